The van der Waals surface area contributed by atoms with E-state index in [0.717, 1.165) is 0 Å². The van der Waals surface area contributed by atoms with Gasteiger partial charge in [0, 0.05) is 0 Å². The molecule has 2 rings (SSSR count). The largest absolute Gasteiger partial charge is 0.465 e. The summed E-state index contributed by atoms with van der Waals surface area (Å²) in [7, 11) is 1.33. The molecule has 0 aliphatic heterocycles. The molecule has 0 unspecified atom stereocenters. The molecule has 5 nitrogen and oxygen atoms in total. The summed E-state index contributed by atoms with van der Waals surface area (Å²) in [6.07, 6.45) is 5.11. The summed E-state index contributed by atoms with van der Waals surface area (Å²) in [6.45, 7) is 0.330. The summed E-state index contributed by atoms with van der Waals surface area (Å²) < 4.78 is 9.99. The molecule has 0 amide bonds. The highest BCUT2D eigenvalue weighted by atomic mass is 16.5. The highest BCUT2D eigenvalue weighted by Crippen LogP contribution is 2.20. The molecule has 0 atom stereocenters. The Balaban J connectivity index is 2.35. The molecule has 1 aromatic carbocycles. The predicted molar refractivity (Wildman–Crippen MR) is 62.7 cm³/mol. The maximum Gasteiger partial charge on any atom is 0.337 e. The van der Waals surface area contributed by atoms with Gasteiger partial charge in [-0.3, -0.25) is 0 Å². The summed E-state index contributed by atoms with van der Waals surface area (Å²) in [4.78, 5) is 15.5. The zero-order valence-electron chi connectivity index (χ0n) is 9.19. The van der Waals surface area contributed by atoms with E-state index < -0.39 is 5.97 Å². The second-order valence-electron chi connectivity index (χ2n) is 3.25. The van der Waals surface area contributed by atoms with Crippen LogP contribution < -0.4 is 5.32 Å². The van der Waals surface area contributed by atoms with Crippen molar-refractivity contribution in [3.63, 3.8) is 0 Å². The summed E-state index contributed by atoms with van der Waals surface area (Å²) in [6, 6.07) is 5.21. The monoisotopic (exact) mass is 230 g/mol. The molecule has 1 N–H and O–H groups in total. The van der Waals surface area contributed by atoms with Crippen molar-refractivity contribution in [3.05, 3.63) is 23.8 Å². The summed E-state index contributed by atoms with van der Waals surface area (Å²) in [5, 5.41) is 2.82. The van der Waals surface area contributed by atoms with E-state index in [2.05, 4.69) is 21.0 Å². The van der Waals surface area contributed by atoms with Gasteiger partial charge in [-0.15, -0.1) is 6.42 Å². The van der Waals surface area contributed by atoms with Crippen molar-refractivity contribution < 1.29 is 13.9 Å². The molecule has 0 aliphatic rings. The molecule has 1 heterocycles. The highest BCUT2D eigenvalue weighted by Gasteiger charge is 2.10. The van der Waals surface area contributed by atoms with Crippen LogP contribution in [0, 0.1) is 12.3 Å². The molecule has 0 fully saturated rings. The molecule has 0 radical (unpaired) electrons. The smallest absolute Gasteiger partial charge is 0.337 e. The van der Waals surface area contributed by atoms with Gasteiger partial charge in [0.25, 0.3) is 6.01 Å². The van der Waals surface area contributed by atoms with Gasteiger partial charge in [0.2, 0.25) is 0 Å². The number of esters is 1. The Morgan fingerprint density at radius 3 is 3.18 bits per heavy atom. The Hall–Kier alpha value is -2.48. The van der Waals surface area contributed by atoms with E-state index in [9.17, 15) is 4.79 Å². The molecule has 86 valence electrons. The number of hydrogen-bond acceptors (Lipinski definition) is 5. The van der Waals surface area contributed by atoms with E-state index in [1.165, 1.54) is 7.11 Å². The number of nitrogens with zero attached hydrogens (tertiary/aromatic N) is 1. The number of carbonyl (C=O) groups excluding carboxylic acids is 1. The fraction of sp³-hybridized carbons (Fsp3) is 0.167. The lowest BCUT2D eigenvalue weighted by atomic mass is 10.2. The minimum Gasteiger partial charge on any atom is -0.465 e. The Labute approximate surface area is 97.8 Å². The maximum atomic E-state index is 11.3. The number of rotatable bonds is 3. The van der Waals surface area contributed by atoms with Gasteiger partial charge in [0.05, 0.1) is 19.2 Å². The quantitative estimate of drug-likeness (QED) is 0.641. The van der Waals surface area contributed by atoms with Crippen molar-refractivity contribution in [1.82, 2.24) is 4.98 Å². The molecule has 0 saturated carbocycles. The molecule has 0 saturated heterocycles. The normalized spacial score (nSPS) is 9.88. The van der Waals surface area contributed by atoms with Crippen LogP contribution in [0.5, 0.6) is 0 Å². The third kappa shape index (κ3) is 2.21. The standard InChI is InChI=1S/C12H10N2O3/c1-3-6-13-12-14-9-7-8(11(15)16-2)4-5-10(9)17-12/h1,4-5,7H,6H2,2H3,(H,13,14). The predicted octanol–water partition coefficient (Wildman–Crippen LogP) is 1.66. The summed E-state index contributed by atoms with van der Waals surface area (Å²) >= 11 is 0. The molecule has 5 heteroatoms. The van der Waals surface area contributed by atoms with E-state index in [-0.39, 0.29) is 0 Å². The lowest BCUT2D eigenvalue weighted by Gasteiger charge is -1.96. The lowest BCUT2D eigenvalue weighted by Crippen LogP contribution is -2.00. The minimum atomic E-state index is -0.409. The van der Waals surface area contributed by atoms with Gasteiger partial charge in [-0.25, -0.2) is 4.79 Å². The number of aromatic nitrogens is 1. The van der Waals surface area contributed by atoms with Crippen LogP contribution in [-0.4, -0.2) is 24.6 Å². The number of methoxy groups -OCH3 is 1. The number of hydrogen-bond donors (Lipinski definition) is 1. The Kier molecular flexibility index (Phi) is 2.97. The van der Waals surface area contributed by atoms with Crippen LogP contribution in [0.3, 0.4) is 0 Å². The van der Waals surface area contributed by atoms with Crippen LogP contribution in [0.2, 0.25) is 0 Å². The van der Waals surface area contributed by atoms with E-state index in [1.54, 1.807) is 18.2 Å². The minimum absolute atomic E-state index is 0.330. The number of ether oxygens (including phenoxy) is 1. The molecular formula is C12H10N2O3. The number of carbonyl (C=O) groups is 1. The molecule has 2 aromatic rings. The van der Waals surface area contributed by atoms with E-state index >= 15 is 0 Å². The molecule has 0 bridgehead atoms. The number of nitrogens with one attached hydrogen (secondary N) is 1. The summed E-state index contributed by atoms with van der Waals surface area (Å²) in [5.41, 5.74) is 1.58. The van der Waals surface area contributed by atoms with Crippen LogP contribution in [0.1, 0.15) is 10.4 Å². The first-order valence-corrected chi connectivity index (χ1v) is 4.91. The first-order valence-electron chi connectivity index (χ1n) is 4.91. The van der Waals surface area contributed by atoms with Crippen molar-refractivity contribution in [1.29, 1.82) is 0 Å². The second-order valence-corrected chi connectivity index (χ2v) is 3.25. The fourth-order valence-corrected chi connectivity index (χ4v) is 1.37. The number of fused-ring (bicyclic) bond motifs is 1. The zero-order chi connectivity index (χ0) is 12.3. The van der Waals surface area contributed by atoms with Crippen LogP contribution in [0.15, 0.2) is 22.6 Å². The number of oxazole rings is 1. The van der Waals surface area contributed by atoms with Crippen molar-refractivity contribution in [2.75, 3.05) is 19.0 Å². The zero-order valence-corrected chi connectivity index (χ0v) is 9.19. The van der Waals surface area contributed by atoms with Gasteiger partial charge in [-0.1, -0.05) is 5.92 Å². The third-order valence-corrected chi connectivity index (χ3v) is 2.15. The topological polar surface area (TPSA) is 64.4 Å². The highest BCUT2D eigenvalue weighted by molar-refractivity contribution is 5.93. The SMILES string of the molecule is C#CCNc1nc2cc(C(=O)OC)ccc2o1. The van der Waals surface area contributed by atoms with E-state index in [0.29, 0.717) is 29.2 Å². The van der Waals surface area contributed by atoms with Crippen LogP contribution in [-0.2, 0) is 4.74 Å². The van der Waals surface area contributed by atoms with E-state index in [4.69, 9.17) is 10.8 Å². The van der Waals surface area contributed by atoms with Gasteiger partial charge in [0.15, 0.2) is 5.58 Å². The Bertz CT molecular complexity index is 595. The second kappa shape index (κ2) is 4.58. The Morgan fingerprint density at radius 2 is 2.47 bits per heavy atom. The third-order valence-electron chi connectivity index (χ3n) is 2.15. The Morgan fingerprint density at radius 1 is 1.65 bits per heavy atom. The van der Waals surface area contributed by atoms with Crippen molar-refractivity contribution in [2.45, 2.75) is 0 Å². The lowest BCUT2D eigenvalue weighted by molar-refractivity contribution is 0.0601. The summed E-state index contributed by atoms with van der Waals surface area (Å²) in [5.74, 6) is 2.00. The number of benzene rings is 1. The van der Waals surface area contributed by atoms with Gasteiger partial charge in [0.1, 0.15) is 5.52 Å². The molecule has 17 heavy (non-hydrogen) atoms. The van der Waals surface area contributed by atoms with Gasteiger partial charge in [-0.2, -0.15) is 4.98 Å². The number of terminal acetylenes is 1. The fourth-order valence-electron chi connectivity index (χ4n) is 1.37. The van der Waals surface area contributed by atoms with Gasteiger partial charge < -0.3 is 14.5 Å². The van der Waals surface area contributed by atoms with Crippen molar-refractivity contribution in [3.8, 4) is 12.3 Å². The molecular weight excluding hydrogens is 220 g/mol. The maximum absolute atomic E-state index is 11.3. The van der Waals surface area contributed by atoms with E-state index in [1.807, 2.05) is 0 Å². The molecule has 0 aliphatic carbocycles. The average molecular weight is 230 g/mol. The van der Waals surface area contributed by atoms with Crippen molar-refractivity contribution >= 4 is 23.1 Å². The van der Waals surface area contributed by atoms with Crippen molar-refractivity contribution in [2.24, 2.45) is 0 Å². The van der Waals surface area contributed by atoms with Crippen LogP contribution >= 0.6 is 0 Å². The number of anilines is 1. The van der Waals surface area contributed by atoms with Crippen LogP contribution in [0.4, 0.5) is 6.01 Å². The van der Waals surface area contributed by atoms with Gasteiger partial charge >= 0.3 is 5.97 Å². The first kappa shape index (κ1) is 11.0. The molecule has 1 aromatic heterocycles. The average Bonchev–Trinajstić information content (AvgIpc) is 2.76. The first-order chi connectivity index (χ1) is 8.24. The van der Waals surface area contributed by atoms with Gasteiger partial charge in [-0.05, 0) is 18.2 Å². The molecule has 0 spiro atoms. The van der Waals surface area contributed by atoms with Crippen LogP contribution in [0.25, 0.3) is 11.1 Å².